The average Bonchev–Trinajstić information content (AvgIpc) is 3.33. The topological polar surface area (TPSA) is 69.0 Å². The zero-order valence-electron chi connectivity index (χ0n) is 22.2. The molecular formula is C31H28ClFN4O2S. The first-order valence-electron chi connectivity index (χ1n) is 13.1. The van der Waals surface area contributed by atoms with E-state index in [1.165, 1.54) is 17.8 Å². The Labute approximate surface area is 241 Å². The third kappa shape index (κ3) is 5.51. The summed E-state index contributed by atoms with van der Waals surface area (Å²) < 4.78 is 22.0. The molecule has 1 aromatic heterocycles. The van der Waals surface area contributed by atoms with Crippen LogP contribution in [0, 0.1) is 11.2 Å². The molecule has 6 rings (SSSR count). The van der Waals surface area contributed by atoms with Gasteiger partial charge in [0.05, 0.1) is 0 Å². The van der Waals surface area contributed by atoms with E-state index in [0.29, 0.717) is 40.5 Å². The van der Waals surface area contributed by atoms with Crippen LogP contribution in [0.15, 0.2) is 89.2 Å². The maximum atomic E-state index is 14.2. The van der Waals surface area contributed by atoms with Gasteiger partial charge in [-0.2, -0.15) is 4.98 Å². The molecule has 0 saturated heterocycles. The Balaban J connectivity index is 1.29. The minimum absolute atomic E-state index is 0.105. The Morgan fingerprint density at radius 3 is 2.58 bits per heavy atom. The molecule has 9 heteroatoms. The van der Waals surface area contributed by atoms with Crippen molar-refractivity contribution in [3.8, 4) is 5.75 Å². The van der Waals surface area contributed by atoms with Gasteiger partial charge in [0.2, 0.25) is 11.1 Å². The van der Waals surface area contributed by atoms with E-state index < -0.39 is 6.04 Å². The molecule has 2 heterocycles. The number of thioether (sulfide) groups is 1. The number of anilines is 1. The number of carbonyl (C=O) groups excluding carboxylic acids is 1. The Kier molecular flexibility index (Phi) is 7.15. The van der Waals surface area contributed by atoms with Crippen LogP contribution in [0.1, 0.15) is 49.4 Å². The summed E-state index contributed by atoms with van der Waals surface area (Å²) >= 11 is 7.35. The lowest BCUT2D eigenvalue weighted by molar-refractivity contribution is -0.118. The van der Waals surface area contributed by atoms with Crippen LogP contribution in [0.2, 0.25) is 5.02 Å². The van der Waals surface area contributed by atoms with Gasteiger partial charge in [0.25, 0.3) is 0 Å². The second-order valence-electron chi connectivity index (χ2n) is 10.9. The highest BCUT2D eigenvalue weighted by atomic mass is 35.5. The fraction of sp³-hybridized carbons (Fsp3) is 0.258. The molecule has 0 radical (unpaired) electrons. The molecule has 40 heavy (non-hydrogen) atoms. The van der Waals surface area contributed by atoms with E-state index >= 15 is 0 Å². The van der Waals surface area contributed by atoms with Crippen LogP contribution in [-0.2, 0) is 17.2 Å². The summed E-state index contributed by atoms with van der Waals surface area (Å²) in [7, 11) is 0. The number of hydrogen-bond donors (Lipinski definition) is 1. The molecule has 0 spiro atoms. The van der Waals surface area contributed by atoms with Gasteiger partial charge < -0.3 is 10.1 Å². The van der Waals surface area contributed by atoms with Crippen molar-refractivity contribution >= 4 is 35.1 Å². The number of Topliss-reactive ketones (excluding diaryl/α,β-unsaturated/α-hetero) is 1. The summed E-state index contributed by atoms with van der Waals surface area (Å²) in [6.07, 6.45) is 1.20. The molecule has 4 aromatic rings. The SMILES string of the molecule is CC1(C)CC(=O)C2=C(C1)Nc1nc(SCc3ccccc3F)nn1C2c1ccc(OCc2ccc(Cl)cc2)cc1. The zero-order chi connectivity index (χ0) is 27.9. The number of aromatic nitrogens is 3. The second kappa shape index (κ2) is 10.7. The molecule has 2 aliphatic rings. The van der Waals surface area contributed by atoms with Crippen LogP contribution in [-0.4, -0.2) is 20.5 Å². The van der Waals surface area contributed by atoms with Gasteiger partial charge in [0.1, 0.15) is 24.2 Å². The summed E-state index contributed by atoms with van der Waals surface area (Å²) in [5.41, 5.74) is 3.98. The summed E-state index contributed by atoms with van der Waals surface area (Å²) in [6.45, 7) is 4.63. The molecule has 1 unspecified atom stereocenters. The smallest absolute Gasteiger partial charge is 0.227 e. The lowest BCUT2D eigenvalue weighted by Gasteiger charge is -2.38. The number of nitrogens with one attached hydrogen (secondary N) is 1. The van der Waals surface area contributed by atoms with E-state index in [0.717, 1.165) is 34.6 Å². The monoisotopic (exact) mass is 574 g/mol. The molecule has 0 bridgehead atoms. The van der Waals surface area contributed by atoms with Crippen LogP contribution in [0.3, 0.4) is 0 Å². The number of fused-ring (bicyclic) bond motifs is 1. The van der Waals surface area contributed by atoms with Crippen molar-refractivity contribution in [1.29, 1.82) is 0 Å². The quantitative estimate of drug-likeness (QED) is 0.229. The van der Waals surface area contributed by atoms with Crippen molar-refractivity contribution < 1.29 is 13.9 Å². The predicted molar refractivity (Wildman–Crippen MR) is 155 cm³/mol. The molecule has 0 fully saturated rings. The number of hydrogen-bond acceptors (Lipinski definition) is 6. The van der Waals surface area contributed by atoms with Crippen LogP contribution < -0.4 is 10.1 Å². The fourth-order valence-corrected chi connectivity index (χ4v) is 6.15. The Morgan fingerprint density at radius 1 is 1.07 bits per heavy atom. The molecule has 1 aliphatic carbocycles. The minimum atomic E-state index is -0.421. The van der Waals surface area contributed by atoms with Crippen molar-refractivity contribution in [2.75, 3.05) is 5.32 Å². The first-order chi connectivity index (χ1) is 19.3. The molecular weight excluding hydrogens is 547 g/mol. The number of allylic oxidation sites excluding steroid dienone is 2. The molecule has 0 saturated carbocycles. The maximum Gasteiger partial charge on any atom is 0.227 e. The third-order valence-electron chi connectivity index (χ3n) is 7.14. The lowest BCUT2D eigenvalue weighted by atomic mass is 9.73. The fourth-order valence-electron chi connectivity index (χ4n) is 5.21. The van der Waals surface area contributed by atoms with Crippen LogP contribution in [0.4, 0.5) is 10.3 Å². The van der Waals surface area contributed by atoms with Gasteiger partial charge in [-0.3, -0.25) is 4.79 Å². The van der Waals surface area contributed by atoms with Gasteiger partial charge in [0, 0.05) is 28.5 Å². The molecule has 3 aromatic carbocycles. The van der Waals surface area contributed by atoms with Crippen molar-refractivity contribution in [3.05, 3.63) is 112 Å². The highest BCUT2D eigenvalue weighted by Gasteiger charge is 2.41. The van der Waals surface area contributed by atoms with Crippen molar-refractivity contribution in [3.63, 3.8) is 0 Å². The van der Waals surface area contributed by atoms with E-state index in [4.69, 9.17) is 26.4 Å². The zero-order valence-corrected chi connectivity index (χ0v) is 23.7. The first kappa shape index (κ1) is 26.6. The van der Waals surface area contributed by atoms with E-state index in [9.17, 15) is 9.18 Å². The van der Waals surface area contributed by atoms with Crippen molar-refractivity contribution in [1.82, 2.24) is 14.8 Å². The number of carbonyl (C=O) groups is 1. The minimum Gasteiger partial charge on any atom is -0.489 e. The van der Waals surface area contributed by atoms with Gasteiger partial charge in [-0.25, -0.2) is 9.07 Å². The first-order valence-corrected chi connectivity index (χ1v) is 14.5. The molecule has 1 aliphatic heterocycles. The number of ketones is 1. The summed E-state index contributed by atoms with van der Waals surface area (Å²) in [6, 6.07) is 21.6. The van der Waals surface area contributed by atoms with Crippen LogP contribution in [0.5, 0.6) is 5.75 Å². The Morgan fingerprint density at radius 2 is 1.82 bits per heavy atom. The van der Waals surface area contributed by atoms with Crippen LogP contribution in [0.25, 0.3) is 0 Å². The number of halogens is 2. The van der Waals surface area contributed by atoms with E-state index in [2.05, 4.69) is 19.2 Å². The standard InChI is InChI=1S/C31H28ClFN4O2S/c1-31(2)15-25-27(26(38)16-31)28(20-9-13-23(14-10-20)39-17-19-7-11-22(32)12-8-19)37-29(34-25)35-30(36-37)40-18-21-5-3-4-6-24(21)33/h3-14,28H,15-18H2,1-2H3,(H,34,35,36). The van der Waals surface area contributed by atoms with E-state index in [-0.39, 0.29) is 17.0 Å². The van der Waals surface area contributed by atoms with Crippen LogP contribution >= 0.6 is 23.4 Å². The normalized spacial score (nSPS) is 17.7. The number of ether oxygens (including phenoxy) is 1. The number of benzene rings is 3. The van der Waals surface area contributed by atoms with Crippen molar-refractivity contribution in [2.45, 2.75) is 50.2 Å². The second-order valence-corrected chi connectivity index (χ2v) is 12.3. The highest BCUT2D eigenvalue weighted by molar-refractivity contribution is 7.98. The molecule has 204 valence electrons. The van der Waals surface area contributed by atoms with Gasteiger partial charge in [0.15, 0.2) is 5.78 Å². The largest absolute Gasteiger partial charge is 0.489 e. The van der Waals surface area contributed by atoms with E-state index in [1.807, 2.05) is 54.6 Å². The number of rotatable bonds is 7. The summed E-state index contributed by atoms with van der Waals surface area (Å²) in [5, 5.41) is 9.38. The van der Waals surface area contributed by atoms with Gasteiger partial charge in [-0.1, -0.05) is 79.7 Å². The van der Waals surface area contributed by atoms with E-state index in [1.54, 1.807) is 16.8 Å². The van der Waals surface area contributed by atoms with Gasteiger partial charge in [-0.15, -0.1) is 5.10 Å². The molecule has 1 atom stereocenters. The van der Waals surface area contributed by atoms with Gasteiger partial charge in [-0.05, 0) is 58.9 Å². The Bertz CT molecular complexity index is 1600. The predicted octanol–water partition coefficient (Wildman–Crippen LogP) is 7.60. The third-order valence-corrected chi connectivity index (χ3v) is 8.28. The molecule has 0 amide bonds. The highest BCUT2D eigenvalue weighted by Crippen LogP contribution is 2.46. The Hall–Kier alpha value is -3.62. The maximum absolute atomic E-state index is 14.2. The lowest BCUT2D eigenvalue weighted by Crippen LogP contribution is -2.36. The van der Waals surface area contributed by atoms with Gasteiger partial charge >= 0.3 is 0 Å². The molecule has 6 nitrogen and oxygen atoms in total. The molecule has 1 N–H and O–H groups in total. The number of nitrogens with zero attached hydrogens (tertiary/aromatic N) is 3. The average molecular weight is 575 g/mol. The summed E-state index contributed by atoms with van der Waals surface area (Å²) in [4.78, 5) is 18.2. The van der Waals surface area contributed by atoms with Crippen molar-refractivity contribution in [2.24, 2.45) is 5.41 Å². The summed E-state index contributed by atoms with van der Waals surface area (Å²) in [5.74, 6) is 1.55.